The third-order valence-electron chi connectivity index (χ3n) is 6.74. The molecule has 0 aliphatic carbocycles. The Morgan fingerprint density at radius 3 is 2.53 bits per heavy atom. The molecule has 2 unspecified atom stereocenters. The molecule has 2 aliphatic rings. The van der Waals surface area contributed by atoms with Gasteiger partial charge in [-0.2, -0.15) is 0 Å². The van der Waals surface area contributed by atoms with E-state index in [9.17, 15) is 19.1 Å². The maximum atomic E-state index is 14.2. The molecule has 0 radical (unpaired) electrons. The predicted octanol–water partition coefficient (Wildman–Crippen LogP) is 4.55. The number of likely N-dealkylation sites (tertiary alicyclic amines) is 1. The second-order valence-corrected chi connectivity index (χ2v) is 8.65. The van der Waals surface area contributed by atoms with Crippen LogP contribution in [0, 0.1) is 5.82 Å². The summed E-state index contributed by atoms with van der Waals surface area (Å²) in [5.41, 5.74) is 2.28. The number of carboxylic acid groups (broad SMARTS) is 1. The van der Waals surface area contributed by atoms with Crippen LogP contribution in [0.25, 0.3) is 10.8 Å². The number of benzene rings is 3. The molecule has 32 heavy (non-hydrogen) atoms. The molecule has 2 atom stereocenters. The predicted molar refractivity (Wildman–Crippen MR) is 121 cm³/mol. The highest BCUT2D eigenvalue weighted by Crippen LogP contribution is 2.45. The van der Waals surface area contributed by atoms with Crippen molar-refractivity contribution in [2.24, 2.45) is 0 Å². The number of amides is 1. The van der Waals surface area contributed by atoms with Gasteiger partial charge in [-0.25, -0.2) is 9.18 Å². The molecule has 2 heterocycles. The van der Waals surface area contributed by atoms with Crippen LogP contribution in [-0.2, 0) is 16.1 Å². The van der Waals surface area contributed by atoms with E-state index in [0.717, 1.165) is 29.2 Å². The van der Waals surface area contributed by atoms with Gasteiger partial charge in [0, 0.05) is 37.7 Å². The fourth-order valence-corrected chi connectivity index (χ4v) is 5.23. The summed E-state index contributed by atoms with van der Waals surface area (Å²) < 4.78 is 14.2. The lowest BCUT2D eigenvalue weighted by molar-refractivity contribution is -0.139. The molecule has 1 amide bonds. The Bertz CT molecular complexity index is 1180. The Morgan fingerprint density at radius 2 is 1.75 bits per heavy atom. The topological polar surface area (TPSA) is 60.9 Å². The highest BCUT2D eigenvalue weighted by molar-refractivity contribution is 5.89. The van der Waals surface area contributed by atoms with Gasteiger partial charge in [0.05, 0.1) is 0 Å². The van der Waals surface area contributed by atoms with E-state index in [1.807, 2.05) is 47.4 Å². The molecule has 1 saturated heterocycles. The van der Waals surface area contributed by atoms with Crippen molar-refractivity contribution in [3.63, 3.8) is 0 Å². The van der Waals surface area contributed by atoms with Crippen molar-refractivity contribution in [1.29, 1.82) is 0 Å². The van der Waals surface area contributed by atoms with E-state index in [-0.39, 0.29) is 12.3 Å². The first-order chi connectivity index (χ1) is 15.5. The number of hydrogen-bond donors (Lipinski definition) is 1. The van der Waals surface area contributed by atoms with Gasteiger partial charge in [-0.15, -0.1) is 0 Å². The summed E-state index contributed by atoms with van der Waals surface area (Å²) in [5.74, 6) is -2.07. The van der Waals surface area contributed by atoms with Crippen molar-refractivity contribution >= 4 is 28.3 Å². The van der Waals surface area contributed by atoms with Crippen LogP contribution in [0.1, 0.15) is 36.3 Å². The zero-order valence-corrected chi connectivity index (χ0v) is 17.7. The minimum atomic E-state index is -0.999. The molecule has 5 nitrogen and oxygen atoms in total. The number of halogens is 1. The van der Waals surface area contributed by atoms with Gasteiger partial charge in [-0.1, -0.05) is 42.5 Å². The molecule has 6 heteroatoms. The largest absolute Gasteiger partial charge is 0.480 e. The highest BCUT2D eigenvalue weighted by Gasteiger charge is 2.44. The lowest BCUT2D eigenvalue weighted by Gasteiger charge is -2.28. The van der Waals surface area contributed by atoms with Gasteiger partial charge in [0.1, 0.15) is 11.9 Å². The maximum absolute atomic E-state index is 14.2. The minimum absolute atomic E-state index is 0.0547. The van der Waals surface area contributed by atoms with Gasteiger partial charge < -0.3 is 14.9 Å². The van der Waals surface area contributed by atoms with Crippen molar-refractivity contribution in [1.82, 2.24) is 4.90 Å². The molecule has 0 aromatic heterocycles. The summed E-state index contributed by atoms with van der Waals surface area (Å²) in [6, 6.07) is 17.4. The van der Waals surface area contributed by atoms with Crippen LogP contribution in [-0.4, -0.2) is 41.0 Å². The summed E-state index contributed by atoms with van der Waals surface area (Å²) in [4.78, 5) is 29.0. The third kappa shape index (κ3) is 3.60. The van der Waals surface area contributed by atoms with Crippen LogP contribution >= 0.6 is 0 Å². The average Bonchev–Trinajstić information content (AvgIpc) is 3.41. The first-order valence-electron chi connectivity index (χ1n) is 11.1. The van der Waals surface area contributed by atoms with Crippen LogP contribution in [0.2, 0.25) is 0 Å². The van der Waals surface area contributed by atoms with E-state index in [2.05, 4.69) is 0 Å². The molecule has 0 spiro atoms. The number of fused-ring (bicyclic) bond motifs is 2. The smallest absolute Gasteiger partial charge is 0.327 e. The standard InChI is InChI=1S/C26H25FN2O3/c27-19-10-11-23-21(14-19)22(15-24(30)28-12-3-4-13-28)25(26(31)32)29(23)16-18-8-5-7-17-6-1-2-9-20(17)18/h1-2,5-11,14,22,25H,3-4,12-13,15-16H2,(H,31,32). The number of carbonyl (C=O) groups excluding carboxylic acids is 1. The summed E-state index contributed by atoms with van der Waals surface area (Å²) in [6.45, 7) is 1.78. The molecule has 164 valence electrons. The Hall–Kier alpha value is -3.41. The number of nitrogens with zero attached hydrogens (tertiary/aromatic N) is 2. The first kappa shape index (κ1) is 20.5. The number of carboxylic acids is 1. The van der Waals surface area contributed by atoms with Crippen LogP contribution in [0.15, 0.2) is 60.7 Å². The maximum Gasteiger partial charge on any atom is 0.327 e. The van der Waals surface area contributed by atoms with Gasteiger partial charge in [-0.3, -0.25) is 4.79 Å². The van der Waals surface area contributed by atoms with Crippen LogP contribution in [0.4, 0.5) is 10.1 Å². The molecule has 3 aromatic rings. The van der Waals surface area contributed by atoms with Crippen LogP contribution in [0.5, 0.6) is 0 Å². The quantitative estimate of drug-likeness (QED) is 0.643. The van der Waals surface area contributed by atoms with Crippen molar-refractivity contribution in [2.75, 3.05) is 18.0 Å². The summed E-state index contributed by atoms with van der Waals surface area (Å²) in [6.07, 6.45) is 2.01. The average molecular weight is 432 g/mol. The number of carbonyl (C=O) groups is 2. The molecule has 1 fully saturated rings. The first-order valence-corrected chi connectivity index (χ1v) is 11.1. The SMILES string of the molecule is O=C(O)C1C(CC(=O)N2CCCC2)c2cc(F)ccc2N1Cc1cccc2ccccc12. The van der Waals surface area contributed by atoms with E-state index in [1.54, 1.807) is 11.0 Å². The lowest BCUT2D eigenvalue weighted by atomic mass is 9.91. The van der Waals surface area contributed by atoms with Crippen molar-refractivity contribution in [3.05, 3.63) is 77.6 Å². The van der Waals surface area contributed by atoms with E-state index < -0.39 is 23.7 Å². The molecule has 3 aromatic carbocycles. The number of aliphatic carboxylic acids is 1. The number of rotatable bonds is 5. The van der Waals surface area contributed by atoms with Gasteiger partial charge >= 0.3 is 5.97 Å². The molecule has 2 aliphatic heterocycles. The van der Waals surface area contributed by atoms with Gasteiger partial charge in [0.25, 0.3) is 0 Å². The van der Waals surface area contributed by atoms with E-state index >= 15 is 0 Å². The zero-order valence-electron chi connectivity index (χ0n) is 17.7. The number of hydrogen-bond acceptors (Lipinski definition) is 3. The fourth-order valence-electron chi connectivity index (χ4n) is 5.23. The van der Waals surface area contributed by atoms with Crippen molar-refractivity contribution in [2.45, 2.75) is 37.8 Å². The molecular weight excluding hydrogens is 407 g/mol. The van der Waals surface area contributed by atoms with E-state index in [4.69, 9.17) is 0 Å². The van der Waals surface area contributed by atoms with Crippen LogP contribution < -0.4 is 4.90 Å². The Morgan fingerprint density at radius 1 is 1.00 bits per heavy atom. The molecule has 1 N–H and O–H groups in total. The third-order valence-corrected chi connectivity index (χ3v) is 6.74. The zero-order chi connectivity index (χ0) is 22.2. The second-order valence-electron chi connectivity index (χ2n) is 8.65. The fraction of sp³-hybridized carbons (Fsp3) is 0.308. The van der Waals surface area contributed by atoms with E-state index in [1.165, 1.54) is 12.1 Å². The van der Waals surface area contributed by atoms with Gasteiger partial charge in [0.2, 0.25) is 5.91 Å². The Labute approximate surface area is 186 Å². The molecule has 0 bridgehead atoms. The van der Waals surface area contributed by atoms with Crippen molar-refractivity contribution in [3.8, 4) is 0 Å². The molecule has 5 rings (SSSR count). The van der Waals surface area contributed by atoms with Gasteiger partial charge in [-0.05, 0) is 52.9 Å². The summed E-state index contributed by atoms with van der Waals surface area (Å²) >= 11 is 0. The van der Waals surface area contributed by atoms with Crippen molar-refractivity contribution < 1.29 is 19.1 Å². The second kappa shape index (κ2) is 8.26. The van der Waals surface area contributed by atoms with E-state index in [0.29, 0.717) is 30.9 Å². The molecule has 0 saturated carbocycles. The lowest BCUT2D eigenvalue weighted by Crippen LogP contribution is -2.42. The highest BCUT2D eigenvalue weighted by atomic mass is 19.1. The van der Waals surface area contributed by atoms with Crippen LogP contribution in [0.3, 0.4) is 0 Å². The monoisotopic (exact) mass is 432 g/mol. The minimum Gasteiger partial charge on any atom is -0.480 e. The molecular formula is C26H25FN2O3. The normalized spacial score (nSPS) is 20.0. The number of anilines is 1. The summed E-state index contributed by atoms with van der Waals surface area (Å²) in [5, 5.41) is 12.3. The Balaban J connectivity index is 1.54. The Kier molecular flexibility index (Phi) is 5.29. The summed E-state index contributed by atoms with van der Waals surface area (Å²) in [7, 11) is 0. The van der Waals surface area contributed by atoms with Gasteiger partial charge in [0.15, 0.2) is 0 Å².